The van der Waals surface area contributed by atoms with E-state index in [2.05, 4.69) is 22.9 Å². The van der Waals surface area contributed by atoms with Crippen molar-refractivity contribution in [1.82, 2.24) is 10.3 Å². The van der Waals surface area contributed by atoms with Crippen molar-refractivity contribution in [2.45, 2.75) is 31.3 Å². The Kier molecular flexibility index (Phi) is 11.8. The van der Waals surface area contributed by atoms with E-state index >= 15 is 0 Å². The number of ether oxygens (including phenoxy) is 3. The van der Waals surface area contributed by atoms with Crippen molar-refractivity contribution in [1.29, 1.82) is 0 Å². The Labute approximate surface area is 220 Å². The number of carbonyl (C=O) groups excluding carboxylic acids is 2. The van der Waals surface area contributed by atoms with Gasteiger partial charge in [-0.2, -0.15) is 0 Å². The molecule has 0 amide bonds. The van der Waals surface area contributed by atoms with E-state index in [1.165, 1.54) is 38.4 Å². The molecular weight excluding hydrogens is 503 g/mol. The lowest BCUT2D eigenvalue weighted by Crippen LogP contribution is -2.32. The highest BCUT2D eigenvalue weighted by molar-refractivity contribution is 7.80. The van der Waals surface area contributed by atoms with Crippen LogP contribution < -0.4 is 14.8 Å². The zero-order chi connectivity index (χ0) is 26.5. The van der Waals surface area contributed by atoms with Crippen LogP contribution in [0.2, 0.25) is 0 Å². The number of rotatable bonds is 8. The Morgan fingerprint density at radius 2 is 1.78 bits per heavy atom. The summed E-state index contributed by atoms with van der Waals surface area (Å²) in [6.45, 7) is 2.78. The van der Waals surface area contributed by atoms with E-state index in [-0.39, 0.29) is 34.5 Å². The summed E-state index contributed by atoms with van der Waals surface area (Å²) in [7, 11) is 1.42. The van der Waals surface area contributed by atoms with Crippen molar-refractivity contribution in [3.8, 4) is 11.5 Å². The monoisotopic (exact) mass is 530 g/mol. The van der Waals surface area contributed by atoms with Crippen LogP contribution in [0.4, 0.5) is 4.39 Å². The average molecular weight is 531 g/mol. The fourth-order valence-corrected chi connectivity index (χ4v) is 3.31. The molecule has 7 nitrogen and oxygen atoms in total. The van der Waals surface area contributed by atoms with Gasteiger partial charge >= 0.3 is 11.9 Å². The maximum absolute atomic E-state index is 12.9. The minimum Gasteiger partial charge on any atom is -0.493 e. The van der Waals surface area contributed by atoms with E-state index in [0.717, 1.165) is 10.5 Å². The van der Waals surface area contributed by atoms with Crippen LogP contribution in [0, 0.1) is 5.82 Å². The minimum atomic E-state index is -0.561. The molecule has 3 aromatic rings. The Morgan fingerprint density at radius 3 is 2.33 bits per heavy atom. The SMILES string of the molecule is COc1ccnc(C(=S)NCC(=O)OC(C)Cc2ccc(F)cc2)c1OC(C)=O.Sc1ccccc1. The van der Waals surface area contributed by atoms with Crippen LogP contribution >= 0.6 is 24.8 Å². The number of thiol groups is 1. The van der Waals surface area contributed by atoms with Gasteiger partial charge in [0.15, 0.2) is 5.75 Å². The number of hydrogen-bond donors (Lipinski definition) is 2. The lowest BCUT2D eigenvalue weighted by molar-refractivity contribution is -0.146. The van der Waals surface area contributed by atoms with Crippen LogP contribution in [0.25, 0.3) is 0 Å². The van der Waals surface area contributed by atoms with Crippen molar-refractivity contribution in [3.05, 3.63) is 83.9 Å². The molecule has 0 spiro atoms. The second-order valence-corrected chi connectivity index (χ2v) is 8.36. The number of thiocarbonyl (C=S) groups is 1. The third kappa shape index (κ3) is 10.0. The molecular formula is C26H27FN2O5S2. The van der Waals surface area contributed by atoms with Gasteiger partial charge in [0.05, 0.1) is 7.11 Å². The molecule has 0 aliphatic carbocycles. The molecule has 0 radical (unpaired) electrons. The standard InChI is InChI=1S/C20H21FN2O5S.C6H6S/c1-12(10-14-4-6-15(21)7-5-14)27-17(25)11-23-20(29)18-19(28-13(2)24)16(26-3)8-9-22-18;7-6-4-2-1-3-5-6/h4-9,12H,10-11H2,1-3H3,(H,23,29);1-5,7H. The van der Waals surface area contributed by atoms with E-state index < -0.39 is 18.0 Å². The summed E-state index contributed by atoms with van der Waals surface area (Å²) < 4.78 is 28.6. The first-order valence-electron chi connectivity index (χ1n) is 10.9. The first-order valence-corrected chi connectivity index (χ1v) is 11.7. The van der Waals surface area contributed by atoms with Gasteiger partial charge in [-0.05, 0) is 36.8 Å². The summed E-state index contributed by atoms with van der Waals surface area (Å²) in [5.41, 5.74) is 1.02. The lowest BCUT2D eigenvalue weighted by atomic mass is 10.1. The average Bonchev–Trinajstić information content (AvgIpc) is 2.84. The van der Waals surface area contributed by atoms with Crippen LogP contribution in [-0.4, -0.2) is 41.7 Å². The zero-order valence-corrected chi connectivity index (χ0v) is 21.8. The van der Waals surface area contributed by atoms with Gasteiger partial charge in [-0.3, -0.25) is 9.59 Å². The summed E-state index contributed by atoms with van der Waals surface area (Å²) >= 11 is 9.34. The third-order valence-corrected chi connectivity index (χ3v) is 5.10. The van der Waals surface area contributed by atoms with Gasteiger partial charge < -0.3 is 19.5 Å². The first kappa shape index (κ1) is 28.7. The first-order chi connectivity index (χ1) is 17.2. The molecule has 10 heteroatoms. The third-order valence-electron chi connectivity index (χ3n) is 4.47. The highest BCUT2D eigenvalue weighted by Gasteiger charge is 2.19. The van der Waals surface area contributed by atoms with Gasteiger partial charge in [-0.15, -0.1) is 12.6 Å². The van der Waals surface area contributed by atoms with Crippen molar-refractivity contribution < 1.29 is 28.2 Å². The maximum Gasteiger partial charge on any atom is 0.325 e. The molecule has 2 aromatic carbocycles. The quantitative estimate of drug-likeness (QED) is 0.249. The number of methoxy groups -OCH3 is 1. The molecule has 0 saturated heterocycles. The van der Waals surface area contributed by atoms with Crippen molar-refractivity contribution in [2.75, 3.05) is 13.7 Å². The van der Waals surface area contributed by atoms with Gasteiger partial charge in [0.25, 0.3) is 0 Å². The van der Waals surface area contributed by atoms with Gasteiger partial charge in [0.1, 0.15) is 29.1 Å². The smallest absolute Gasteiger partial charge is 0.325 e. The normalized spacial score (nSPS) is 10.8. The van der Waals surface area contributed by atoms with E-state index in [0.29, 0.717) is 6.42 Å². The topological polar surface area (TPSA) is 86.8 Å². The number of halogens is 1. The van der Waals surface area contributed by atoms with Gasteiger partial charge in [0, 0.05) is 30.5 Å². The molecule has 0 aliphatic rings. The highest BCUT2D eigenvalue weighted by atomic mass is 32.1. The number of hydrogen-bond acceptors (Lipinski definition) is 8. The fourth-order valence-electron chi connectivity index (χ4n) is 2.92. The predicted octanol–water partition coefficient (Wildman–Crippen LogP) is 4.57. The number of pyridine rings is 1. The molecule has 1 N–H and O–H groups in total. The summed E-state index contributed by atoms with van der Waals surface area (Å²) in [4.78, 5) is 28.6. The van der Waals surface area contributed by atoms with Gasteiger partial charge in [-0.1, -0.05) is 42.5 Å². The predicted molar refractivity (Wildman–Crippen MR) is 141 cm³/mol. The number of esters is 2. The van der Waals surface area contributed by atoms with Crippen LogP contribution in [0.15, 0.2) is 71.8 Å². The van der Waals surface area contributed by atoms with Crippen LogP contribution in [0.1, 0.15) is 25.1 Å². The molecule has 0 saturated carbocycles. The zero-order valence-electron chi connectivity index (χ0n) is 20.1. The van der Waals surface area contributed by atoms with Crippen molar-refractivity contribution in [2.24, 2.45) is 0 Å². The largest absolute Gasteiger partial charge is 0.493 e. The summed E-state index contributed by atoms with van der Waals surface area (Å²) in [6, 6.07) is 17.3. The number of nitrogens with one attached hydrogen (secondary N) is 1. The number of benzene rings is 2. The number of nitrogens with zero attached hydrogens (tertiary/aromatic N) is 1. The Morgan fingerprint density at radius 1 is 1.11 bits per heavy atom. The van der Waals surface area contributed by atoms with Crippen molar-refractivity contribution in [3.63, 3.8) is 0 Å². The molecule has 1 heterocycles. The second kappa shape index (κ2) is 14.8. The lowest BCUT2D eigenvalue weighted by Gasteiger charge is -2.15. The highest BCUT2D eigenvalue weighted by Crippen LogP contribution is 2.29. The van der Waals surface area contributed by atoms with Gasteiger partial charge in [0.2, 0.25) is 5.75 Å². The van der Waals surface area contributed by atoms with E-state index in [1.807, 2.05) is 30.3 Å². The second-order valence-electron chi connectivity index (χ2n) is 7.43. The Balaban J connectivity index is 0.000000558. The van der Waals surface area contributed by atoms with Crippen LogP contribution in [-0.2, 0) is 20.7 Å². The molecule has 1 atom stereocenters. The molecule has 3 rings (SSSR count). The molecule has 0 aliphatic heterocycles. The molecule has 36 heavy (non-hydrogen) atoms. The molecule has 1 aromatic heterocycles. The van der Waals surface area contributed by atoms with E-state index in [1.54, 1.807) is 19.1 Å². The summed E-state index contributed by atoms with van der Waals surface area (Å²) in [5, 5.41) is 2.74. The van der Waals surface area contributed by atoms with E-state index in [4.69, 9.17) is 26.4 Å². The van der Waals surface area contributed by atoms with Crippen LogP contribution in [0.3, 0.4) is 0 Å². The van der Waals surface area contributed by atoms with Crippen LogP contribution in [0.5, 0.6) is 11.5 Å². The van der Waals surface area contributed by atoms with Crippen molar-refractivity contribution >= 4 is 41.8 Å². The Hall–Kier alpha value is -3.50. The number of carbonyl (C=O) groups is 2. The van der Waals surface area contributed by atoms with Gasteiger partial charge in [-0.25, -0.2) is 9.37 Å². The molecule has 1 unspecified atom stereocenters. The molecule has 190 valence electrons. The fraction of sp³-hybridized carbons (Fsp3) is 0.231. The summed E-state index contributed by atoms with van der Waals surface area (Å²) in [6.07, 6.45) is 1.48. The molecule has 0 bridgehead atoms. The summed E-state index contributed by atoms with van der Waals surface area (Å²) in [5.74, 6) is -1.06. The van der Waals surface area contributed by atoms with E-state index in [9.17, 15) is 14.0 Å². The maximum atomic E-state index is 12.9. The Bertz CT molecular complexity index is 1160. The number of aromatic nitrogens is 1. The molecule has 0 fully saturated rings. The minimum absolute atomic E-state index is 0.0676.